The van der Waals surface area contributed by atoms with Crippen LogP contribution in [0.4, 0.5) is 0 Å². The Balaban J connectivity index is 4.64. The van der Waals surface area contributed by atoms with Gasteiger partial charge in [-0.05, 0) is 50.1 Å². The van der Waals surface area contributed by atoms with Crippen LogP contribution in [0.3, 0.4) is 0 Å². The molecule has 0 aliphatic heterocycles. The molecule has 18 heavy (non-hydrogen) atoms. The SMILES string of the molecule is CCO[Si](CC)(CC)CC[Si](CC)(CC)OCC. The van der Waals surface area contributed by atoms with Crippen molar-refractivity contribution in [2.45, 2.75) is 77.8 Å². The van der Waals surface area contributed by atoms with Gasteiger partial charge in [-0.25, -0.2) is 0 Å². The van der Waals surface area contributed by atoms with E-state index in [9.17, 15) is 0 Å². The average Bonchev–Trinajstić information content (AvgIpc) is 2.42. The minimum absolute atomic E-state index is 0.884. The molecule has 0 atom stereocenters. The van der Waals surface area contributed by atoms with Gasteiger partial charge < -0.3 is 8.85 Å². The molecular weight excluding hydrogens is 256 g/mol. The van der Waals surface area contributed by atoms with E-state index in [1.165, 1.54) is 36.3 Å². The van der Waals surface area contributed by atoms with E-state index in [0.29, 0.717) is 0 Å². The zero-order chi connectivity index (χ0) is 14.1. The molecule has 0 aromatic heterocycles. The van der Waals surface area contributed by atoms with Crippen molar-refractivity contribution in [2.75, 3.05) is 13.2 Å². The first kappa shape index (κ1) is 18.4. The minimum Gasteiger partial charge on any atom is -0.417 e. The highest BCUT2D eigenvalue weighted by Crippen LogP contribution is 2.31. The Hall–Kier alpha value is 0.354. The lowest BCUT2D eigenvalue weighted by Gasteiger charge is -2.34. The number of rotatable bonds is 11. The maximum atomic E-state index is 6.20. The molecule has 0 unspecified atom stereocenters. The monoisotopic (exact) mass is 290 g/mol. The highest BCUT2D eigenvalue weighted by atomic mass is 28.4. The topological polar surface area (TPSA) is 18.5 Å². The first-order valence-corrected chi connectivity index (χ1v) is 12.9. The van der Waals surface area contributed by atoms with Crippen molar-refractivity contribution >= 4 is 16.6 Å². The van der Waals surface area contributed by atoms with Gasteiger partial charge in [0.2, 0.25) is 0 Å². The molecule has 0 spiro atoms. The van der Waals surface area contributed by atoms with Crippen LogP contribution in [0.5, 0.6) is 0 Å². The van der Waals surface area contributed by atoms with Crippen LogP contribution in [0.1, 0.15) is 41.5 Å². The largest absolute Gasteiger partial charge is 0.417 e. The number of hydrogen-bond donors (Lipinski definition) is 0. The second-order valence-corrected chi connectivity index (χ2v) is 14.3. The Kier molecular flexibility index (Phi) is 9.47. The Morgan fingerprint density at radius 2 is 0.833 bits per heavy atom. The van der Waals surface area contributed by atoms with Crippen LogP contribution in [-0.4, -0.2) is 29.8 Å². The van der Waals surface area contributed by atoms with Crippen molar-refractivity contribution in [2.24, 2.45) is 0 Å². The lowest BCUT2D eigenvalue weighted by molar-refractivity contribution is 0.311. The normalized spacial score (nSPS) is 13.0. The van der Waals surface area contributed by atoms with E-state index >= 15 is 0 Å². The molecule has 2 nitrogen and oxygen atoms in total. The van der Waals surface area contributed by atoms with Crippen LogP contribution < -0.4 is 0 Å². The summed E-state index contributed by atoms with van der Waals surface area (Å²) < 4.78 is 12.4. The average molecular weight is 291 g/mol. The van der Waals surface area contributed by atoms with Gasteiger partial charge in [0.1, 0.15) is 0 Å². The van der Waals surface area contributed by atoms with E-state index < -0.39 is 16.6 Å². The quantitative estimate of drug-likeness (QED) is 0.497. The molecule has 0 aliphatic rings. The van der Waals surface area contributed by atoms with Crippen molar-refractivity contribution in [3.8, 4) is 0 Å². The summed E-state index contributed by atoms with van der Waals surface area (Å²) in [6.45, 7) is 15.3. The molecule has 0 saturated heterocycles. The molecule has 110 valence electrons. The molecule has 0 bridgehead atoms. The van der Waals surface area contributed by atoms with Gasteiger partial charge in [0.05, 0.1) is 0 Å². The highest BCUT2D eigenvalue weighted by molar-refractivity contribution is 6.79. The van der Waals surface area contributed by atoms with Gasteiger partial charge in [0.15, 0.2) is 16.6 Å². The summed E-state index contributed by atoms with van der Waals surface area (Å²) in [5.41, 5.74) is 0. The Morgan fingerprint density at radius 1 is 0.556 bits per heavy atom. The summed E-state index contributed by atoms with van der Waals surface area (Å²) in [5, 5.41) is 0. The van der Waals surface area contributed by atoms with Gasteiger partial charge in [-0.2, -0.15) is 0 Å². The number of hydrogen-bond acceptors (Lipinski definition) is 2. The molecule has 4 heteroatoms. The first-order valence-electron chi connectivity index (χ1n) is 7.85. The summed E-state index contributed by atoms with van der Waals surface area (Å²) in [4.78, 5) is 0. The molecule has 0 saturated carbocycles. The summed E-state index contributed by atoms with van der Waals surface area (Å²) >= 11 is 0. The fourth-order valence-electron chi connectivity index (χ4n) is 2.83. The third kappa shape index (κ3) is 5.15. The van der Waals surface area contributed by atoms with E-state index in [1.807, 2.05) is 0 Å². The Morgan fingerprint density at radius 3 is 1.00 bits per heavy atom. The first-order chi connectivity index (χ1) is 8.57. The van der Waals surface area contributed by atoms with Gasteiger partial charge in [-0.3, -0.25) is 0 Å². The van der Waals surface area contributed by atoms with E-state index in [1.54, 1.807) is 0 Å². The molecule has 0 radical (unpaired) electrons. The minimum atomic E-state index is -1.46. The maximum absolute atomic E-state index is 6.20. The molecular formula is C14H34O2Si2. The van der Waals surface area contributed by atoms with E-state index in [4.69, 9.17) is 8.85 Å². The molecule has 0 aliphatic carbocycles. The van der Waals surface area contributed by atoms with Crippen LogP contribution in [0.15, 0.2) is 0 Å². The predicted molar refractivity (Wildman–Crippen MR) is 86.3 cm³/mol. The fraction of sp³-hybridized carbons (Fsp3) is 1.00. The highest BCUT2D eigenvalue weighted by Gasteiger charge is 2.37. The fourth-order valence-corrected chi connectivity index (χ4v) is 11.2. The summed E-state index contributed by atoms with van der Waals surface area (Å²) in [6.07, 6.45) is 0. The summed E-state index contributed by atoms with van der Waals surface area (Å²) in [6, 6.07) is 7.62. The molecule has 0 heterocycles. The van der Waals surface area contributed by atoms with Gasteiger partial charge >= 0.3 is 0 Å². The standard InChI is InChI=1S/C14H34O2Si2/c1-7-15-17(9-3,10-4)13-14-18(11-5,12-6)16-8-2/h7-14H2,1-6H3. The van der Waals surface area contributed by atoms with E-state index in [0.717, 1.165) is 13.2 Å². The third-order valence-electron chi connectivity index (χ3n) is 4.51. The lowest BCUT2D eigenvalue weighted by atomic mass is 10.9. The van der Waals surface area contributed by atoms with E-state index in [2.05, 4.69) is 41.5 Å². The van der Waals surface area contributed by atoms with E-state index in [-0.39, 0.29) is 0 Å². The Labute approximate surface area is 117 Å². The van der Waals surface area contributed by atoms with Gasteiger partial charge in [0.25, 0.3) is 0 Å². The zero-order valence-electron chi connectivity index (χ0n) is 13.5. The molecule has 0 amide bonds. The second kappa shape index (κ2) is 9.29. The molecule has 0 aromatic rings. The van der Waals surface area contributed by atoms with Crippen molar-refractivity contribution in [3.05, 3.63) is 0 Å². The van der Waals surface area contributed by atoms with Crippen molar-refractivity contribution in [1.82, 2.24) is 0 Å². The molecule has 0 aromatic carbocycles. The molecule has 0 fully saturated rings. The Bertz CT molecular complexity index is 180. The van der Waals surface area contributed by atoms with Gasteiger partial charge in [-0.15, -0.1) is 0 Å². The van der Waals surface area contributed by atoms with Crippen LogP contribution in [0.25, 0.3) is 0 Å². The van der Waals surface area contributed by atoms with Gasteiger partial charge in [-0.1, -0.05) is 27.7 Å². The molecule has 0 N–H and O–H groups in total. The predicted octanol–water partition coefficient (Wildman–Crippen LogP) is 5.03. The lowest BCUT2D eigenvalue weighted by Crippen LogP contribution is -2.43. The maximum Gasteiger partial charge on any atom is 0.192 e. The smallest absolute Gasteiger partial charge is 0.192 e. The third-order valence-corrected chi connectivity index (χ3v) is 14.3. The van der Waals surface area contributed by atoms with Crippen LogP contribution in [-0.2, 0) is 8.85 Å². The zero-order valence-corrected chi connectivity index (χ0v) is 15.5. The van der Waals surface area contributed by atoms with Crippen molar-refractivity contribution in [3.63, 3.8) is 0 Å². The van der Waals surface area contributed by atoms with Crippen LogP contribution >= 0.6 is 0 Å². The van der Waals surface area contributed by atoms with Crippen molar-refractivity contribution in [1.29, 1.82) is 0 Å². The van der Waals surface area contributed by atoms with Gasteiger partial charge in [0, 0.05) is 13.2 Å². The summed E-state index contributed by atoms with van der Waals surface area (Å²) in [7, 11) is -2.92. The molecule has 0 rings (SSSR count). The summed E-state index contributed by atoms with van der Waals surface area (Å²) in [5.74, 6) is 0. The van der Waals surface area contributed by atoms with Crippen LogP contribution in [0, 0.1) is 0 Å². The van der Waals surface area contributed by atoms with Crippen molar-refractivity contribution < 1.29 is 8.85 Å². The van der Waals surface area contributed by atoms with Crippen LogP contribution in [0.2, 0.25) is 36.3 Å². The second-order valence-electron chi connectivity index (χ2n) is 5.15.